The maximum Gasteiger partial charge on any atom is 0.216 e. The molecular weight excluding hydrogens is 430 g/mol. The van der Waals surface area contributed by atoms with Crippen molar-refractivity contribution in [2.75, 3.05) is 19.6 Å². The van der Waals surface area contributed by atoms with Gasteiger partial charge in [0.1, 0.15) is 11.6 Å². The van der Waals surface area contributed by atoms with Gasteiger partial charge in [-0.15, -0.1) is 0 Å². The number of hydrogen-bond acceptors (Lipinski definition) is 2. The predicted octanol–water partition coefficient (Wildman–Crippen LogP) is 5.72. The highest BCUT2D eigenvalue weighted by Gasteiger charge is 2.42. The maximum atomic E-state index is 14.0. The number of rotatable bonds is 6. The maximum absolute atomic E-state index is 14.0. The Kier molecular flexibility index (Phi) is 7.51. The fourth-order valence-corrected chi connectivity index (χ4v) is 6.18. The van der Waals surface area contributed by atoms with Crippen LogP contribution in [-0.2, 0) is 11.2 Å². The molecule has 4 unspecified atom stereocenters. The van der Waals surface area contributed by atoms with Crippen LogP contribution in [0.5, 0.6) is 0 Å². The molecule has 0 spiro atoms. The van der Waals surface area contributed by atoms with E-state index in [2.05, 4.69) is 60.9 Å². The molecule has 0 aromatic heterocycles. The van der Waals surface area contributed by atoms with Crippen molar-refractivity contribution in [2.45, 2.75) is 51.9 Å². The van der Waals surface area contributed by atoms with E-state index in [9.17, 15) is 13.6 Å². The van der Waals surface area contributed by atoms with E-state index in [1.54, 1.807) is 6.92 Å². The third-order valence-corrected chi connectivity index (χ3v) is 7.73. The highest BCUT2D eigenvalue weighted by atomic mass is 19.1. The molecule has 1 heterocycles. The van der Waals surface area contributed by atoms with E-state index >= 15 is 0 Å². The number of hydrogen-bond donors (Lipinski definition) is 2. The molecule has 34 heavy (non-hydrogen) atoms. The largest absolute Gasteiger partial charge is 0.356 e. The second-order valence-electron chi connectivity index (χ2n) is 10.6. The van der Waals surface area contributed by atoms with Crippen LogP contribution in [-0.4, -0.2) is 25.5 Å². The lowest BCUT2D eigenvalue weighted by Gasteiger charge is -2.47. The van der Waals surface area contributed by atoms with Crippen molar-refractivity contribution in [3.63, 3.8) is 0 Å². The van der Waals surface area contributed by atoms with Crippen molar-refractivity contribution >= 4 is 5.91 Å². The Hall–Kier alpha value is -2.53. The third kappa shape index (κ3) is 5.57. The van der Waals surface area contributed by atoms with Gasteiger partial charge in [0.05, 0.1) is 0 Å². The molecule has 3 nitrogen and oxygen atoms in total. The van der Waals surface area contributed by atoms with Crippen LogP contribution in [0, 0.1) is 28.9 Å². The summed E-state index contributed by atoms with van der Waals surface area (Å²) in [7, 11) is 0. The fraction of sp³-hybridized carbons (Fsp3) is 0.483. The van der Waals surface area contributed by atoms with Crippen molar-refractivity contribution < 1.29 is 13.6 Å². The molecule has 1 aliphatic carbocycles. The molecule has 1 saturated heterocycles. The minimum atomic E-state index is -0.498. The summed E-state index contributed by atoms with van der Waals surface area (Å²) in [4.78, 5) is 11.3. The number of halogens is 2. The number of nitrogens with one attached hydrogen (secondary N) is 2. The highest BCUT2D eigenvalue weighted by Crippen LogP contribution is 2.50. The first-order valence-electron chi connectivity index (χ1n) is 12.4. The monoisotopic (exact) mass is 466 g/mol. The molecule has 2 aromatic rings. The smallest absolute Gasteiger partial charge is 0.216 e. The van der Waals surface area contributed by atoms with Gasteiger partial charge in [0.2, 0.25) is 5.91 Å². The van der Waals surface area contributed by atoms with Crippen molar-refractivity contribution in [3.8, 4) is 0 Å². The van der Waals surface area contributed by atoms with Gasteiger partial charge in [0.25, 0.3) is 0 Å². The first kappa shape index (κ1) is 24.6. The Morgan fingerprint density at radius 1 is 1.12 bits per heavy atom. The second kappa shape index (κ2) is 10.4. The molecular formula is C29H36F2N2O. The van der Waals surface area contributed by atoms with Gasteiger partial charge in [-0.3, -0.25) is 4.79 Å². The Morgan fingerprint density at radius 2 is 1.85 bits per heavy atom. The van der Waals surface area contributed by atoms with E-state index in [-0.39, 0.29) is 23.2 Å². The number of piperidine rings is 1. The first-order valence-corrected chi connectivity index (χ1v) is 12.4. The van der Waals surface area contributed by atoms with Crippen LogP contribution >= 0.6 is 0 Å². The molecule has 1 amide bonds. The Morgan fingerprint density at radius 3 is 2.56 bits per heavy atom. The Labute approximate surface area is 202 Å². The van der Waals surface area contributed by atoms with Crippen molar-refractivity contribution in [1.82, 2.24) is 10.6 Å². The number of carbonyl (C=O) groups excluding carboxylic acids is 1. The summed E-state index contributed by atoms with van der Waals surface area (Å²) < 4.78 is 28.0. The number of carbonyl (C=O) groups is 1. The molecule has 0 saturated carbocycles. The quantitative estimate of drug-likeness (QED) is 0.535. The normalized spacial score (nSPS) is 26.3. The molecule has 1 fully saturated rings. The minimum Gasteiger partial charge on any atom is -0.356 e. The molecule has 5 heteroatoms. The van der Waals surface area contributed by atoms with E-state index in [0.717, 1.165) is 44.0 Å². The minimum absolute atomic E-state index is 0.00663. The lowest BCUT2D eigenvalue weighted by atomic mass is 9.59. The van der Waals surface area contributed by atoms with E-state index in [1.165, 1.54) is 23.3 Å². The van der Waals surface area contributed by atoms with Crippen molar-refractivity contribution in [2.24, 2.45) is 17.3 Å². The van der Waals surface area contributed by atoms with Crippen molar-refractivity contribution in [3.05, 3.63) is 82.9 Å². The van der Waals surface area contributed by atoms with Gasteiger partial charge < -0.3 is 10.6 Å². The van der Waals surface area contributed by atoms with Gasteiger partial charge in [0, 0.05) is 25.5 Å². The molecule has 1 aliphatic heterocycles. The molecule has 2 aromatic carbocycles. The Bertz CT molecular complexity index is 1030. The zero-order chi connectivity index (χ0) is 24.3. The van der Waals surface area contributed by atoms with E-state index in [4.69, 9.17) is 0 Å². The summed E-state index contributed by atoms with van der Waals surface area (Å²) in [6.45, 7) is 8.54. The van der Waals surface area contributed by atoms with Gasteiger partial charge in [-0.05, 0) is 84.3 Å². The number of allylic oxidation sites excluding steroid dienone is 2. The van der Waals surface area contributed by atoms with E-state index in [1.807, 2.05) is 0 Å². The zero-order valence-corrected chi connectivity index (χ0v) is 20.4. The topological polar surface area (TPSA) is 41.1 Å². The summed E-state index contributed by atoms with van der Waals surface area (Å²) >= 11 is 0. The zero-order valence-electron chi connectivity index (χ0n) is 20.4. The summed E-state index contributed by atoms with van der Waals surface area (Å²) in [6, 6.07) is 12.5. The van der Waals surface area contributed by atoms with Crippen LogP contribution in [0.4, 0.5) is 8.78 Å². The van der Waals surface area contributed by atoms with Gasteiger partial charge >= 0.3 is 0 Å². The first-order chi connectivity index (χ1) is 16.2. The van der Waals surface area contributed by atoms with E-state index < -0.39 is 11.6 Å². The molecule has 2 N–H and O–H groups in total. The standard InChI is InChI=1S/C29H36F2N2O/c1-19(34)33-13-10-20-6-4-5-7-25(20)21-8-9-28(29(2,3)17-21)27-18-32-12-11-26(27)22-14-23(30)16-24(31)15-22/h4-9,14-16,21,26-28,32H,10-13,17-18H2,1-3H3,(H,33,34). The Balaban J connectivity index is 1.58. The van der Waals surface area contributed by atoms with Crippen LogP contribution < -0.4 is 10.6 Å². The lowest BCUT2D eigenvalue weighted by molar-refractivity contribution is -0.118. The van der Waals surface area contributed by atoms with Crippen LogP contribution in [0.3, 0.4) is 0 Å². The summed E-state index contributed by atoms with van der Waals surface area (Å²) in [6.07, 6.45) is 7.39. The SMILES string of the molecule is CC(=O)NCCc1ccccc1C1C=CC(C2CNCCC2c2cc(F)cc(F)c2)C(C)(C)C1. The molecule has 4 atom stereocenters. The van der Waals surface area contributed by atoms with Crippen molar-refractivity contribution in [1.29, 1.82) is 0 Å². The fourth-order valence-electron chi connectivity index (χ4n) is 6.18. The predicted molar refractivity (Wildman–Crippen MR) is 133 cm³/mol. The summed E-state index contributed by atoms with van der Waals surface area (Å²) in [5, 5.41) is 6.43. The van der Waals surface area contributed by atoms with Crippen LogP contribution in [0.25, 0.3) is 0 Å². The average Bonchev–Trinajstić information content (AvgIpc) is 2.78. The van der Waals surface area contributed by atoms with Crippen LogP contribution in [0.15, 0.2) is 54.6 Å². The molecule has 2 aliphatic rings. The number of benzene rings is 2. The molecule has 182 valence electrons. The van der Waals surface area contributed by atoms with E-state index in [0.29, 0.717) is 18.4 Å². The molecule has 4 rings (SSSR count). The summed E-state index contributed by atoms with van der Waals surface area (Å²) in [5.41, 5.74) is 3.39. The van der Waals surface area contributed by atoms with Gasteiger partial charge in [-0.1, -0.05) is 50.3 Å². The van der Waals surface area contributed by atoms with Gasteiger partial charge in [-0.2, -0.15) is 0 Å². The van der Waals surface area contributed by atoms with Gasteiger partial charge in [0.15, 0.2) is 0 Å². The molecule has 0 radical (unpaired) electrons. The van der Waals surface area contributed by atoms with Gasteiger partial charge in [-0.25, -0.2) is 8.78 Å². The molecule has 0 bridgehead atoms. The van der Waals surface area contributed by atoms with Crippen LogP contribution in [0.1, 0.15) is 62.1 Å². The highest BCUT2D eigenvalue weighted by molar-refractivity contribution is 5.72. The summed E-state index contributed by atoms with van der Waals surface area (Å²) in [5.74, 6) is 0.0102. The second-order valence-corrected chi connectivity index (χ2v) is 10.6. The lowest BCUT2D eigenvalue weighted by Crippen LogP contribution is -2.44. The average molecular weight is 467 g/mol. The van der Waals surface area contributed by atoms with Crippen LogP contribution in [0.2, 0.25) is 0 Å². The number of amides is 1. The third-order valence-electron chi connectivity index (χ3n) is 7.73.